The van der Waals surface area contributed by atoms with Crippen molar-refractivity contribution in [1.82, 2.24) is 10.6 Å². The van der Waals surface area contributed by atoms with Gasteiger partial charge in [-0.05, 0) is 43.7 Å². The Morgan fingerprint density at radius 3 is 2.52 bits per heavy atom. The molecule has 0 saturated carbocycles. The highest BCUT2D eigenvalue weighted by molar-refractivity contribution is 5.74. The van der Waals surface area contributed by atoms with Gasteiger partial charge in [0.1, 0.15) is 17.3 Å². The van der Waals surface area contributed by atoms with Crippen LogP contribution in [0.5, 0.6) is 5.75 Å². The fourth-order valence-electron chi connectivity index (χ4n) is 2.14. The molecule has 0 saturated heterocycles. The number of carbonyl (C=O) groups excluding carboxylic acids is 1. The molecule has 0 fully saturated rings. The molecule has 124 valence electrons. The normalized spacial score (nSPS) is 13.2. The topological polar surface area (TPSA) is 83.7 Å². The van der Waals surface area contributed by atoms with Crippen LogP contribution in [0.25, 0.3) is 0 Å². The molecule has 0 spiro atoms. The molecule has 6 heteroatoms. The van der Waals surface area contributed by atoms with Gasteiger partial charge in [-0.1, -0.05) is 12.1 Å². The van der Waals surface area contributed by atoms with Crippen molar-refractivity contribution < 1.29 is 19.1 Å². The lowest BCUT2D eigenvalue weighted by Gasteiger charge is -2.15. The van der Waals surface area contributed by atoms with Gasteiger partial charge in [-0.15, -0.1) is 0 Å². The van der Waals surface area contributed by atoms with E-state index >= 15 is 0 Å². The van der Waals surface area contributed by atoms with Crippen molar-refractivity contribution in [1.29, 1.82) is 0 Å². The minimum absolute atomic E-state index is 0.113. The van der Waals surface area contributed by atoms with Gasteiger partial charge >= 0.3 is 6.03 Å². The predicted molar refractivity (Wildman–Crippen MR) is 86.3 cm³/mol. The number of furan rings is 1. The SMILES string of the molecule is COc1ccc(C(O)CNC(=O)NC(C)c2ccc(C)o2)cc1. The van der Waals surface area contributed by atoms with Crippen molar-refractivity contribution in [3.8, 4) is 5.75 Å². The first kappa shape index (κ1) is 16.9. The number of hydrogen-bond donors (Lipinski definition) is 3. The number of benzene rings is 1. The third kappa shape index (κ3) is 4.75. The Labute approximate surface area is 135 Å². The van der Waals surface area contributed by atoms with E-state index in [0.29, 0.717) is 17.1 Å². The number of aliphatic hydroxyl groups is 1. The summed E-state index contributed by atoms with van der Waals surface area (Å²) in [7, 11) is 1.58. The second kappa shape index (κ2) is 7.69. The number of aliphatic hydroxyl groups excluding tert-OH is 1. The Balaban J connectivity index is 1.81. The number of aryl methyl sites for hydroxylation is 1. The highest BCUT2D eigenvalue weighted by Crippen LogP contribution is 2.17. The minimum atomic E-state index is -0.784. The van der Waals surface area contributed by atoms with E-state index in [9.17, 15) is 9.90 Å². The van der Waals surface area contributed by atoms with Gasteiger partial charge in [-0.25, -0.2) is 4.79 Å². The average Bonchev–Trinajstić information content (AvgIpc) is 2.99. The number of rotatable bonds is 6. The van der Waals surface area contributed by atoms with E-state index in [2.05, 4.69) is 10.6 Å². The van der Waals surface area contributed by atoms with E-state index in [1.165, 1.54) is 0 Å². The van der Waals surface area contributed by atoms with Crippen LogP contribution < -0.4 is 15.4 Å². The predicted octanol–water partition coefficient (Wildman–Crippen LogP) is 2.69. The van der Waals surface area contributed by atoms with Gasteiger partial charge < -0.3 is 24.9 Å². The average molecular weight is 318 g/mol. The third-order valence-corrected chi connectivity index (χ3v) is 3.49. The molecule has 1 aromatic carbocycles. The highest BCUT2D eigenvalue weighted by atomic mass is 16.5. The van der Waals surface area contributed by atoms with Gasteiger partial charge in [-0.3, -0.25) is 0 Å². The van der Waals surface area contributed by atoms with Crippen molar-refractivity contribution in [3.05, 3.63) is 53.5 Å². The molecule has 3 N–H and O–H groups in total. The summed E-state index contributed by atoms with van der Waals surface area (Å²) in [6, 6.07) is 10.1. The molecular formula is C17H22N2O4. The van der Waals surface area contributed by atoms with Crippen LogP contribution in [0.4, 0.5) is 4.79 Å². The molecule has 0 bridgehead atoms. The number of methoxy groups -OCH3 is 1. The van der Waals surface area contributed by atoms with Gasteiger partial charge in [0.2, 0.25) is 0 Å². The van der Waals surface area contributed by atoms with Crippen LogP contribution in [0, 0.1) is 6.92 Å². The van der Waals surface area contributed by atoms with E-state index in [4.69, 9.17) is 9.15 Å². The molecule has 1 heterocycles. The van der Waals surface area contributed by atoms with Gasteiger partial charge in [0, 0.05) is 6.54 Å². The molecule has 0 aliphatic rings. The molecule has 0 radical (unpaired) electrons. The molecular weight excluding hydrogens is 296 g/mol. The van der Waals surface area contributed by atoms with Crippen LogP contribution in [-0.4, -0.2) is 24.8 Å². The van der Waals surface area contributed by atoms with E-state index in [1.54, 1.807) is 31.4 Å². The van der Waals surface area contributed by atoms with Crippen molar-refractivity contribution in [2.45, 2.75) is 26.0 Å². The van der Waals surface area contributed by atoms with Crippen LogP contribution >= 0.6 is 0 Å². The summed E-state index contributed by atoms with van der Waals surface area (Å²) in [6.45, 7) is 3.79. The maximum Gasteiger partial charge on any atom is 0.315 e. The molecule has 2 atom stereocenters. The summed E-state index contributed by atoms with van der Waals surface area (Å²) in [5.41, 5.74) is 0.709. The molecule has 23 heavy (non-hydrogen) atoms. The van der Waals surface area contributed by atoms with Crippen LogP contribution in [0.15, 0.2) is 40.8 Å². The lowest BCUT2D eigenvalue weighted by atomic mass is 10.1. The molecule has 0 aliphatic carbocycles. The summed E-state index contributed by atoms with van der Waals surface area (Å²) in [5, 5.41) is 15.5. The highest BCUT2D eigenvalue weighted by Gasteiger charge is 2.14. The number of carbonyl (C=O) groups is 1. The first-order valence-corrected chi connectivity index (χ1v) is 7.42. The van der Waals surface area contributed by atoms with Crippen molar-refractivity contribution in [2.24, 2.45) is 0 Å². The van der Waals surface area contributed by atoms with Gasteiger partial charge in [-0.2, -0.15) is 0 Å². The second-order valence-electron chi connectivity index (χ2n) is 5.31. The molecule has 0 aliphatic heterocycles. The Bertz CT molecular complexity index is 636. The van der Waals surface area contributed by atoms with Crippen molar-refractivity contribution in [2.75, 3.05) is 13.7 Å². The van der Waals surface area contributed by atoms with Gasteiger partial charge in [0.05, 0.1) is 19.3 Å². The van der Waals surface area contributed by atoms with E-state index < -0.39 is 6.10 Å². The zero-order valence-electron chi connectivity index (χ0n) is 13.5. The van der Waals surface area contributed by atoms with E-state index in [-0.39, 0.29) is 18.6 Å². The smallest absolute Gasteiger partial charge is 0.315 e. The summed E-state index contributed by atoms with van der Waals surface area (Å²) in [4.78, 5) is 11.9. The Hall–Kier alpha value is -2.47. The fourth-order valence-corrected chi connectivity index (χ4v) is 2.14. The molecule has 6 nitrogen and oxygen atoms in total. The van der Waals surface area contributed by atoms with E-state index in [1.807, 2.05) is 26.0 Å². The number of nitrogens with one attached hydrogen (secondary N) is 2. The van der Waals surface area contributed by atoms with Crippen LogP contribution in [0.1, 0.15) is 36.2 Å². The summed E-state index contributed by atoms with van der Waals surface area (Å²) < 4.78 is 10.5. The third-order valence-electron chi connectivity index (χ3n) is 3.49. The zero-order chi connectivity index (χ0) is 16.8. The Kier molecular flexibility index (Phi) is 5.65. The van der Waals surface area contributed by atoms with Crippen LogP contribution in [-0.2, 0) is 0 Å². The molecule has 2 rings (SSSR count). The minimum Gasteiger partial charge on any atom is -0.497 e. The number of hydrogen-bond acceptors (Lipinski definition) is 4. The Morgan fingerprint density at radius 2 is 1.96 bits per heavy atom. The standard InChI is InChI=1S/C17H22N2O4/c1-11-4-9-16(23-11)12(2)19-17(21)18-10-15(20)13-5-7-14(22-3)8-6-13/h4-9,12,15,20H,10H2,1-3H3,(H2,18,19,21). The summed E-state index contributed by atoms with van der Waals surface area (Å²) >= 11 is 0. The van der Waals surface area contributed by atoms with Crippen LogP contribution in [0.3, 0.4) is 0 Å². The maximum atomic E-state index is 11.9. The maximum absolute atomic E-state index is 11.9. The fraction of sp³-hybridized carbons (Fsp3) is 0.353. The van der Waals surface area contributed by atoms with Gasteiger partial charge in [0.15, 0.2) is 0 Å². The molecule has 2 aromatic rings. The molecule has 2 amide bonds. The van der Waals surface area contributed by atoms with Crippen molar-refractivity contribution >= 4 is 6.03 Å². The largest absolute Gasteiger partial charge is 0.497 e. The quantitative estimate of drug-likeness (QED) is 0.764. The summed E-state index contributed by atoms with van der Waals surface area (Å²) in [6.07, 6.45) is -0.784. The monoisotopic (exact) mass is 318 g/mol. The zero-order valence-corrected chi connectivity index (χ0v) is 13.5. The number of urea groups is 1. The summed E-state index contributed by atoms with van der Waals surface area (Å²) in [5.74, 6) is 2.20. The van der Waals surface area contributed by atoms with Gasteiger partial charge in [0.25, 0.3) is 0 Å². The number of ether oxygens (including phenoxy) is 1. The Morgan fingerprint density at radius 1 is 1.26 bits per heavy atom. The first-order valence-electron chi connectivity index (χ1n) is 7.42. The molecule has 2 unspecified atom stereocenters. The molecule has 1 aromatic heterocycles. The lowest BCUT2D eigenvalue weighted by molar-refractivity contribution is 0.172. The first-order chi connectivity index (χ1) is 11.0. The second-order valence-corrected chi connectivity index (χ2v) is 5.31. The van der Waals surface area contributed by atoms with E-state index in [0.717, 1.165) is 5.76 Å². The van der Waals surface area contributed by atoms with Crippen molar-refractivity contribution in [3.63, 3.8) is 0 Å². The van der Waals surface area contributed by atoms with Crippen LogP contribution in [0.2, 0.25) is 0 Å². The lowest BCUT2D eigenvalue weighted by Crippen LogP contribution is -2.39. The number of amides is 2.